The molecule has 0 unspecified atom stereocenters. The van der Waals surface area contributed by atoms with Crippen molar-refractivity contribution in [2.24, 2.45) is 0 Å². The average Bonchev–Trinajstić information content (AvgIpc) is 3.29. The molecule has 0 aromatic heterocycles. The number of carbonyl (C=O) groups is 6. The molecule has 2 amide bonds. The van der Waals surface area contributed by atoms with Gasteiger partial charge in [-0.2, -0.15) is 0 Å². The van der Waals surface area contributed by atoms with Gasteiger partial charge in [0, 0.05) is 40.6 Å². The molecular formula is C48H48N2O12S. The highest BCUT2D eigenvalue weighted by Crippen LogP contribution is 2.32. The fourth-order valence-electron chi connectivity index (χ4n) is 5.24. The number of thioether (sulfide) groups is 1. The van der Waals surface area contributed by atoms with Crippen LogP contribution in [0.2, 0.25) is 0 Å². The minimum absolute atomic E-state index is 0.177. The van der Waals surface area contributed by atoms with E-state index in [2.05, 4.69) is 23.8 Å². The van der Waals surface area contributed by atoms with Gasteiger partial charge in [0.25, 0.3) is 0 Å². The van der Waals surface area contributed by atoms with E-state index in [1.807, 2.05) is 19.1 Å². The lowest BCUT2D eigenvalue weighted by molar-refractivity contribution is -0.138. The number of ether oxygens (including phenoxy) is 6. The van der Waals surface area contributed by atoms with Crippen molar-refractivity contribution in [1.82, 2.24) is 0 Å². The largest absolute Gasteiger partial charge is 0.494 e. The van der Waals surface area contributed by atoms with Crippen LogP contribution in [0.15, 0.2) is 127 Å². The molecular weight excluding hydrogens is 829 g/mol. The lowest BCUT2D eigenvalue weighted by Gasteiger charge is -2.11. The van der Waals surface area contributed by atoms with Gasteiger partial charge in [-0.25, -0.2) is 14.4 Å². The lowest BCUT2D eigenvalue weighted by Crippen LogP contribution is -2.29. The smallest absolute Gasteiger partial charge is 0.336 e. The van der Waals surface area contributed by atoms with Gasteiger partial charge in [0.2, 0.25) is 5.12 Å². The first-order valence-electron chi connectivity index (χ1n) is 19.7. The third kappa shape index (κ3) is 17.6. The summed E-state index contributed by atoms with van der Waals surface area (Å²) in [6, 6.07) is 23.4. The normalized spacial score (nSPS) is 10.7. The zero-order valence-corrected chi connectivity index (χ0v) is 35.7. The number of unbranched alkanes of at least 4 members (excludes halogenated alkanes) is 2. The van der Waals surface area contributed by atoms with Gasteiger partial charge in [0.1, 0.15) is 11.5 Å². The molecule has 2 N–H and O–H groups in total. The number of amides is 2. The Morgan fingerprint density at radius 2 is 1.08 bits per heavy atom. The summed E-state index contributed by atoms with van der Waals surface area (Å²) in [6.45, 7) is 10.0. The third-order valence-corrected chi connectivity index (χ3v) is 9.52. The molecule has 63 heavy (non-hydrogen) atoms. The number of aryl methyl sites for hydroxylation is 1. The number of methoxy groups -OCH3 is 1. The molecule has 4 rings (SSSR count). The predicted octanol–water partition coefficient (Wildman–Crippen LogP) is 8.31. The molecule has 328 valence electrons. The van der Waals surface area contributed by atoms with E-state index in [0.717, 1.165) is 34.4 Å². The minimum Gasteiger partial charge on any atom is -0.494 e. The Kier molecular flexibility index (Phi) is 20.0. The molecule has 0 saturated heterocycles. The molecule has 14 nitrogen and oxygen atoms in total. The molecule has 0 atom stereocenters. The van der Waals surface area contributed by atoms with Crippen LogP contribution < -0.4 is 29.6 Å². The molecule has 0 heterocycles. The van der Waals surface area contributed by atoms with Gasteiger partial charge in [-0.15, -0.1) is 0 Å². The summed E-state index contributed by atoms with van der Waals surface area (Å²) < 4.78 is 32.1. The Balaban J connectivity index is 1.16. The second-order valence-corrected chi connectivity index (χ2v) is 14.3. The van der Waals surface area contributed by atoms with Gasteiger partial charge >= 0.3 is 29.7 Å². The van der Waals surface area contributed by atoms with Crippen LogP contribution in [0, 0.1) is 6.92 Å². The van der Waals surface area contributed by atoms with Crippen molar-refractivity contribution in [2.45, 2.75) is 37.5 Å². The first-order chi connectivity index (χ1) is 30.5. The van der Waals surface area contributed by atoms with E-state index in [4.69, 9.17) is 28.4 Å². The molecule has 4 aromatic carbocycles. The summed E-state index contributed by atoms with van der Waals surface area (Å²) in [5.74, 6) is -1.66. The second kappa shape index (κ2) is 26.1. The zero-order chi connectivity index (χ0) is 45.4. The zero-order valence-electron chi connectivity index (χ0n) is 34.9. The third-order valence-electron chi connectivity index (χ3n) is 8.51. The molecule has 0 aliphatic heterocycles. The fraction of sp³-hybridized carbons (Fsp3) is 0.208. The highest BCUT2D eigenvalue weighted by molar-refractivity contribution is 8.14. The average molecular weight is 877 g/mol. The van der Waals surface area contributed by atoms with Crippen molar-refractivity contribution >= 4 is 70.1 Å². The molecule has 4 aromatic rings. The maximum Gasteiger partial charge on any atom is 0.336 e. The van der Waals surface area contributed by atoms with Crippen LogP contribution in [0.3, 0.4) is 0 Å². The van der Waals surface area contributed by atoms with Gasteiger partial charge in [-0.05, 0) is 128 Å². The van der Waals surface area contributed by atoms with Crippen molar-refractivity contribution in [1.29, 1.82) is 0 Å². The summed E-state index contributed by atoms with van der Waals surface area (Å²) in [7, 11) is 1.44. The van der Waals surface area contributed by atoms with Gasteiger partial charge in [-0.1, -0.05) is 43.5 Å². The number of rotatable bonds is 23. The monoisotopic (exact) mass is 876 g/mol. The van der Waals surface area contributed by atoms with Crippen LogP contribution in [0.1, 0.15) is 42.4 Å². The molecule has 0 aliphatic carbocycles. The van der Waals surface area contributed by atoms with Crippen molar-refractivity contribution in [2.75, 3.05) is 44.2 Å². The number of anilines is 2. The van der Waals surface area contributed by atoms with Crippen molar-refractivity contribution in [3.63, 3.8) is 0 Å². The Bertz CT molecular complexity index is 2300. The predicted molar refractivity (Wildman–Crippen MR) is 241 cm³/mol. The van der Waals surface area contributed by atoms with Crippen molar-refractivity contribution in [3.8, 4) is 23.0 Å². The molecule has 0 fully saturated rings. The number of esters is 3. The van der Waals surface area contributed by atoms with Crippen LogP contribution >= 0.6 is 11.8 Å². The van der Waals surface area contributed by atoms with Crippen molar-refractivity contribution < 1.29 is 57.2 Å². The van der Waals surface area contributed by atoms with Gasteiger partial charge in [-0.3, -0.25) is 14.4 Å². The number of hydrogen-bond acceptors (Lipinski definition) is 13. The molecule has 0 aliphatic rings. The summed E-state index contributed by atoms with van der Waals surface area (Å²) in [5.41, 5.74) is 2.97. The molecule has 0 saturated carbocycles. The highest BCUT2D eigenvalue weighted by Gasteiger charge is 2.15. The van der Waals surface area contributed by atoms with E-state index < -0.39 is 29.7 Å². The SMILES string of the molecule is C=CC(=O)OCCCCOc1ccc(SC(=O)/C=C/c2ccc(NC(=O)C(=O)Nc3ccc(/C=C/C(=O)Oc4ccc(OCCCCOC(=O)C=C)cc4OC)cc3)cc2)c(C)c1. The van der Waals surface area contributed by atoms with Gasteiger partial charge < -0.3 is 39.1 Å². The van der Waals surface area contributed by atoms with Crippen molar-refractivity contribution in [3.05, 3.63) is 139 Å². The summed E-state index contributed by atoms with van der Waals surface area (Å²) in [6.07, 6.45) is 10.8. The molecule has 0 bridgehead atoms. The Labute approximate surface area is 369 Å². The number of benzene rings is 4. The summed E-state index contributed by atoms with van der Waals surface area (Å²) >= 11 is 1.09. The Morgan fingerprint density at radius 3 is 1.59 bits per heavy atom. The second-order valence-electron chi connectivity index (χ2n) is 13.3. The quantitative estimate of drug-likeness (QED) is 0.0182. The molecule has 0 radical (unpaired) electrons. The maximum atomic E-state index is 12.7. The van der Waals surface area contributed by atoms with E-state index >= 15 is 0 Å². The lowest BCUT2D eigenvalue weighted by atomic mass is 10.2. The highest BCUT2D eigenvalue weighted by atomic mass is 32.2. The van der Waals surface area contributed by atoms with Crippen LogP contribution in [-0.4, -0.2) is 68.4 Å². The van der Waals surface area contributed by atoms with E-state index in [0.29, 0.717) is 85.3 Å². The van der Waals surface area contributed by atoms with Crippen LogP contribution in [0.25, 0.3) is 12.2 Å². The topological polar surface area (TPSA) is 182 Å². The fourth-order valence-corrected chi connectivity index (χ4v) is 5.95. The van der Waals surface area contributed by atoms with Gasteiger partial charge in [0.15, 0.2) is 11.5 Å². The maximum absolute atomic E-state index is 12.7. The van der Waals surface area contributed by atoms with E-state index in [1.165, 1.54) is 25.3 Å². The number of hydrogen-bond donors (Lipinski definition) is 2. The van der Waals surface area contributed by atoms with E-state index in [1.54, 1.807) is 78.9 Å². The van der Waals surface area contributed by atoms with E-state index in [-0.39, 0.29) is 17.5 Å². The van der Waals surface area contributed by atoms with E-state index in [9.17, 15) is 28.8 Å². The number of nitrogens with one attached hydrogen (secondary N) is 2. The molecule has 15 heteroatoms. The summed E-state index contributed by atoms with van der Waals surface area (Å²) in [4.78, 5) is 73.5. The standard InChI is InChI=1S/C48H48N2O12S/c1-5-43(51)60-29-9-7-27-58-38-22-24-42(33(3)31-38)63-46(54)26-16-35-13-19-37(20-14-35)50-48(56)47(55)49-36-17-11-34(12-18-36)15-25-45(53)62-40-23-21-39(32-41(40)57-4)59-28-8-10-30-61-44(52)6-2/h5-6,11-26,31-32H,1-2,7-10,27-30H2,3-4H3,(H,49,55)(H,50,56)/b25-15+,26-16+. The minimum atomic E-state index is -0.885. The van der Waals surface area contributed by atoms with Crippen LogP contribution in [0.4, 0.5) is 11.4 Å². The van der Waals surface area contributed by atoms with Crippen LogP contribution in [0.5, 0.6) is 23.0 Å². The first-order valence-corrected chi connectivity index (χ1v) is 20.5. The first kappa shape index (κ1) is 48.3. The van der Waals surface area contributed by atoms with Gasteiger partial charge in [0.05, 0.1) is 33.5 Å². The molecule has 0 spiro atoms. The number of carbonyl (C=O) groups excluding carboxylic acids is 6. The Hall–Kier alpha value is -7.39. The Morgan fingerprint density at radius 1 is 0.587 bits per heavy atom. The summed E-state index contributed by atoms with van der Waals surface area (Å²) in [5, 5.41) is 4.91. The van der Waals surface area contributed by atoms with Crippen LogP contribution in [-0.2, 0) is 38.2 Å².